The third-order valence-corrected chi connectivity index (χ3v) is 2.30. The van der Waals surface area contributed by atoms with Gasteiger partial charge >= 0.3 is 6.03 Å². The number of rotatable bonds is 4. The largest absolute Gasteiger partial charge is 0.491 e. The molecule has 1 aromatic rings. The average molecular weight is 240 g/mol. The molecule has 0 aliphatic heterocycles. The van der Waals surface area contributed by atoms with Gasteiger partial charge in [-0.3, -0.25) is 0 Å². The van der Waals surface area contributed by atoms with Gasteiger partial charge in [0.15, 0.2) is 11.6 Å². The molecule has 4 nitrogen and oxygen atoms in total. The molecule has 1 rings (SSSR count). The number of carbonyl (C=O) groups is 1. The molecule has 5 heteroatoms. The van der Waals surface area contributed by atoms with Crippen LogP contribution in [0.25, 0.3) is 0 Å². The van der Waals surface area contributed by atoms with Gasteiger partial charge in [0.25, 0.3) is 0 Å². The number of nitrogens with one attached hydrogen (secondary N) is 1. The Morgan fingerprint density at radius 1 is 1.47 bits per heavy atom. The first kappa shape index (κ1) is 13.3. The number of anilines is 1. The first-order chi connectivity index (χ1) is 8.08. The Bertz CT molecular complexity index is 396. The van der Waals surface area contributed by atoms with Gasteiger partial charge in [0.2, 0.25) is 0 Å². The SMILES string of the molecule is CCOc1ccc(NC(=O)N(C)CC)cc1F. The van der Waals surface area contributed by atoms with Crippen LogP contribution in [0.15, 0.2) is 18.2 Å². The van der Waals surface area contributed by atoms with Crippen molar-refractivity contribution in [2.24, 2.45) is 0 Å². The second kappa shape index (κ2) is 6.08. The number of ether oxygens (including phenoxy) is 1. The van der Waals surface area contributed by atoms with Crippen LogP contribution in [0, 0.1) is 5.82 Å². The second-order valence-electron chi connectivity index (χ2n) is 3.52. The van der Waals surface area contributed by atoms with Crippen molar-refractivity contribution in [1.29, 1.82) is 0 Å². The number of nitrogens with zero attached hydrogens (tertiary/aromatic N) is 1. The van der Waals surface area contributed by atoms with Gasteiger partial charge in [-0.15, -0.1) is 0 Å². The van der Waals surface area contributed by atoms with E-state index < -0.39 is 5.82 Å². The fourth-order valence-corrected chi connectivity index (χ4v) is 1.21. The molecule has 2 amide bonds. The molecule has 0 fully saturated rings. The van der Waals surface area contributed by atoms with E-state index in [1.165, 1.54) is 17.0 Å². The lowest BCUT2D eigenvalue weighted by molar-refractivity contribution is 0.224. The maximum atomic E-state index is 13.5. The first-order valence-corrected chi connectivity index (χ1v) is 5.53. The molecule has 94 valence electrons. The summed E-state index contributed by atoms with van der Waals surface area (Å²) in [4.78, 5) is 13.0. The van der Waals surface area contributed by atoms with Crippen LogP contribution in [0.4, 0.5) is 14.9 Å². The molecule has 0 aliphatic carbocycles. The minimum Gasteiger partial charge on any atom is -0.491 e. The first-order valence-electron chi connectivity index (χ1n) is 5.53. The molecule has 17 heavy (non-hydrogen) atoms. The predicted octanol–water partition coefficient (Wildman–Crippen LogP) is 2.71. The fourth-order valence-electron chi connectivity index (χ4n) is 1.21. The zero-order valence-corrected chi connectivity index (χ0v) is 10.3. The summed E-state index contributed by atoms with van der Waals surface area (Å²) in [7, 11) is 1.67. The molecule has 0 unspecified atom stereocenters. The number of urea groups is 1. The Kier molecular flexibility index (Phi) is 4.75. The summed E-state index contributed by atoms with van der Waals surface area (Å²) in [6, 6.07) is 4.08. The second-order valence-corrected chi connectivity index (χ2v) is 3.52. The molecule has 0 saturated carbocycles. The normalized spacial score (nSPS) is 9.88. The van der Waals surface area contributed by atoms with E-state index in [4.69, 9.17) is 4.74 Å². The van der Waals surface area contributed by atoms with Gasteiger partial charge in [0.05, 0.1) is 6.61 Å². The van der Waals surface area contributed by atoms with E-state index >= 15 is 0 Å². The van der Waals surface area contributed by atoms with Crippen molar-refractivity contribution in [2.45, 2.75) is 13.8 Å². The third-order valence-electron chi connectivity index (χ3n) is 2.30. The van der Waals surface area contributed by atoms with Gasteiger partial charge in [-0.2, -0.15) is 0 Å². The molecular weight excluding hydrogens is 223 g/mol. The lowest BCUT2D eigenvalue weighted by atomic mass is 10.3. The maximum Gasteiger partial charge on any atom is 0.321 e. The number of hydrogen-bond donors (Lipinski definition) is 1. The number of benzene rings is 1. The Morgan fingerprint density at radius 3 is 2.71 bits per heavy atom. The average Bonchev–Trinajstić information content (AvgIpc) is 2.31. The smallest absolute Gasteiger partial charge is 0.321 e. The number of hydrogen-bond acceptors (Lipinski definition) is 2. The molecule has 0 radical (unpaired) electrons. The van der Waals surface area contributed by atoms with Crippen LogP contribution in [0.3, 0.4) is 0 Å². The zero-order valence-electron chi connectivity index (χ0n) is 10.3. The highest BCUT2D eigenvalue weighted by atomic mass is 19.1. The van der Waals surface area contributed by atoms with Crippen LogP contribution in [0.1, 0.15) is 13.8 Å². The van der Waals surface area contributed by atoms with E-state index in [1.807, 2.05) is 6.92 Å². The van der Waals surface area contributed by atoms with Crippen molar-refractivity contribution in [1.82, 2.24) is 4.90 Å². The molecule has 0 spiro atoms. The van der Waals surface area contributed by atoms with Gasteiger partial charge in [0, 0.05) is 25.3 Å². The Balaban J connectivity index is 2.73. The number of halogens is 1. The van der Waals surface area contributed by atoms with Crippen molar-refractivity contribution in [2.75, 3.05) is 25.5 Å². The van der Waals surface area contributed by atoms with E-state index in [2.05, 4.69) is 5.32 Å². The molecule has 0 heterocycles. The summed E-state index contributed by atoms with van der Waals surface area (Å²) in [5, 5.41) is 2.59. The Labute approximate surface area is 100 Å². The monoisotopic (exact) mass is 240 g/mol. The van der Waals surface area contributed by atoms with Crippen LogP contribution in [0.2, 0.25) is 0 Å². The molecule has 0 bridgehead atoms. The van der Waals surface area contributed by atoms with Crippen LogP contribution in [-0.2, 0) is 0 Å². The summed E-state index contributed by atoms with van der Waals surface area (Å²) in [6.07, 6.45) is 0. The molecular formula is C12H17FN2O2. The summed E-state index contributed by atoms with van der Waals surface area (Å²) >= 11 is 0. The van der Waals surface area contributed by atoms with Crippen molar-refractivity contribution < 1.29 is 13.9 Å². The van der Waals surface area contributed by atoms with Crippen LogP contribution in [-0.4, -0.2) is 31.1 Å². The fraction of sp³-hybridized carbons (Fsp3) is 0.417. The van der Waals surface area contributed by atoms with Crippen molar-refractivity contribution in [3.63, 3.8) is 0 Å². The number of amides is 2. The summed E-state index contributed by atoms with van der Waals surface area (Å²) in [5.41, 5.74) is 0.413. The highest BCUT2D eigenvalue weighted by Gasteiger charge is 2.09. The lowest BCUT2D eigenvalue weighted by Gasteiger charge is -2.15. The highest BCUT2D eigenvalue weighted by Crippen LogP contribution is 2.21. The summed E-state index contributed by atoms with van der Waals surface area (Å²) in [5.74, 6) is -0.293. The molecule has 0 atom stereocenters. The van der Waals surface area contributed by atoms with Crippen LogP contribution < -0.4 is 10.1 Å². The standard InChI is InChI=1S/C12H17FN2O2/c1-4-15(3)12(16)14-9-6-7-11(17-5-2)10(13)8-9/h6-8H,4-5H2,1-3H3,(H,14,16). The Morgan fingerprint density at radius 2 is 2.18 bits per heavy atom. The van der Waals surface area contributed by atoms with Crippen LogP contribution in [0.5, 0.6) is 5.75 Å². The topological polar surface area (TPSA) is 41.6 Å². The van der Waals surface area contributed by atoms with Gasteiger partial charge in [0.1, 0.15) is 0 Å². The predicted molar refractivity (Wildman–Crippen MR) is 64.9 cm³/mol. The summed E-state index contributed by atoms with van der Waals surface area (Å²) in [6.45, 7) is 4.64. The third kappa shape index (κ3) is 3.62. The van der Waals surface area contributed by atoms with E-state index in [0.717, 1.165) is 0 Å². The molecule has 0 aromatic heterocycles. The van der Waals surface area contributed by atoms with Gasteiger partial charge in [-0.1, -0.05) is 0 Å². The van der Waals surface area contributed by atoms with Crippen molar-refractivity contribution in [3.8, 4) is 5.75 Å². The van der Waals surface area contributed by atoms with Crippen molar-refractivity contribution >= 4 is 11.7 Å². The van der Waals surface area contributed by atoms with E-state index in [1.54, 1.807) is 20.0 Å². The van der Waals surface area contributed by atoms with Gasteiger partial charge < -0.3 is 15.0 Å². The minimum atomic E-state index is -0.483. The zero-order chi connectivity index (χ0) is 12.8. The lowest BCUT2D eigenvalue weighted by Crippen LogP contribution is -2.30. The Hall–Kier alpha value is -1.78. The van der Waals surface area contributed by atoms with E-state index in [0.29, 0.717) is 18.8 Å². The van der Waals surface area contributed by atoms with Gasteiger partial charge in [-0.25, -0.2) is 9.18 Å². The quantitative estimate of drug-likeness (QED) is 0.879. The maximum absolute atomic E-state index is 13.5. The minimum absolute atomic E-state index is 0.189. The molecule has 0 aliphatic rings. The number of carbonyl (C=O) groups excluding carboxylic acids is 1. The van der Waals surface area contributed by atoms with E-state index in [9.17, 15) is 9.18 Å². The molecule has 1 N–H and O–H groups in total. The molecule has 0 saturated heterocycles. The summed E-state index contributed by atoms with van der Waals surface area (Å²) < 4.78 is 18.5. The van der Waals surface area contributed by atoms with E-state index in [-0.39, 0.29) is 11.8 Å². The molecule has 1 aromatic carbocycles. The van der Waals surface area contributed by atoms with Crippen LogP contribution >= 0.6 is 0 Å². The van der Waals surface area contributed by atoms with Crippen molar-refractivity contribution in [3.05, 3.63) is 24.0 Å². The van der Waals surface area contributed by atoms with Gasteiger partial charge in [-0.05, 0) is 26.0 Å². The highest BCUT2D eigenvalue weighted by molar-refractivity contribution is 5.89.